The number of likely N-dealkylation sites (N-methyl/N-ethyl adjacent to an activating group) is 1. The third-order valence-electron chi connectivity index (χ3n) is 2.43. The normalized spacial score (nSPS) is 13.0. The Morgan fingerprint density at radius 3 is 2.93 bits per heavy atom. The topological polar surface area (TPSA) is 34.1 Å². The lowest BCUT2D eigenvalue weighted by atomic mass is 10.1. The third kappa shape index (κ3) is 4.73. The zero-order valence-corrected chi connectivity index (χ0v) is 10.6. The van der Waals surface area contributed by atoms with E-state index in [1.165, 1.54) is 5.69 Å². The molecule has 0 aliphatic rings. The molecule has 4 heteroatoms. The first-order chi connectivity index (χ1) is 7.26. The second kappa shape index (κ2) is 6.93. The molecule has 0 saturated heterocycles. The van der Waals surface area contributed by atoms with Gasteiger partial charge in [0.1, 0.15) is 0 Å². The lowest BCUT2D eigenvalue weighted by molar-refractivity contribution is 0.189. The Kier molecular flexibility index (Phi) is 5.83. The summed E-state index contributed by atoms with van der Waals surface area (Å²) >= 11 is 1.72. The van der Waals surface area contributed by atoms with Crippen molar-refractivity contribution in [2.45, 2.75) is 32.2 Å². The molecule has 0 amide bonds. The Morgan fingerprint density at radius 1 is 1.60 bits per heavy atom. The fourth-order valence-corrected chi connectivity index (χ4v) is 2.20. The highest BCUT2D eigenvalue weighted by Gasteiger charge is 2.08. The molecule has 1 rings (SSSR count). The van der Waals surface area contributed by atoms with Crippen LogP contribution in [0, 0.1) is 6.92 Å². The smallest absolute Gasteiger partial charge is 0.0897 e. The van der Waals surface area contributed by atoms with Gasteiger partial charge in [0.2, 0.25) is 0 Å². The van der Waals surface area contributed by atoms with Crippen LogP contribution in [0.2, 0.25) is 0 Å². The molecule has 0 fully saturated rings. The van der Waals surface area contributed by atoms with Gasteiger partial charge in [0.15, 0.2) is 0 Å². The molecule has 0 radical (unpaired) electrons. The zero-order valence-electron chi connectivity index (χ0n) is 9.75. The van der Waals surface area contributed by atoms with Gasteiger partial charge in [-0.15, -0.1) is 11.3 Å². The summed E-state index contributed by atoms with van der Waals surface area (Å²) < 4.78 is 5.05. The van der Waals surface area contributed by atoms with E-state index >= 15 is 0 Å². The van der Waals surface area contributed by atoms with Gasteiger partial charge in [0.05, 0.1) is 10.7 Å². The van der Waals surface area contributed by atoms with Crippen molar-refractivity contribution >= 4 is 11.3 Å². The van der Waals surface area contributed by atoms with Gasteiger partial charge in [0, 0.05) is 31.6 Å². The SMILES string of the molecule is CNC(CCCOC)Cc1csc(C)n1. The van der Waals surface area contributed by atoms with E-state index < -0.39 is 0 Å². The highest BCUT2D eigenvalue weighted by Crippen LogP contribution is 2.11. The van der Waals surface area contributed by atoms with E-state index in [1.807, 2.05) is 14.0 Å². The first-order valence-electron chi connectivity index (χ1n) is 5.33. The van der Waals surface area contributed by atoms with Crippen LogP contribution in [0.15, 0.2) is 5.38 Å². The van der Waals surface area contributed by atoms with Crippen LogP contribution in [0.1, 0.15) is 23.5 Å². The average molecular weight is 228 g/mol. The summed E-state index contributed by atoms with van der Waals surface area (Å²) in [6, 6.07) is 0.515. The predicted molar refractivity (Wildman–Crippen MR) is 64.5 cm³/mol. The first kappa shape index (κ1) is 12.6. The molecular formula is C11H20N2OS. The van der Waals surface area contributed by atoms with Crippen molar-refractivity contribution in [1.82, 2.24) is 10.3 Å². The van der Waals surface area contributed by atoms with Crippen LogP contribution in [-0.4, -0.2) is 31.8 Å². The van der Waals surface area contributed by atoms with Gasteiger partial charge in [-0.05, 0) is 26.8 Å². The van der Waals surface area contributed by atoms with E-state index in [2.05, 4.69) is 15.7 Å². The summed E-state index contributed by atoms with van der Waals surface area (Å²) in [6.07, 6.45) is 3.26. The van der Waals surface area contributed by atoms with Crippen LogP contribution >= 0.6 is 11.3 Å². The van der Waals surface area contributed by atoms with E-state index in [4.69, 9.17) is 4.74 Å². The van der Waals surface area contributed by atoms with Crippen molar-refractivity contribution in [3.63, 3.8) is 0 Å². The minimum Gasteiger partial charge on any atom is -0.385 e. The summed E-state index contributed by atoms with van der Waals surface area (Å²) in [5.74, 6) is 0. The van der Waals surface area contributed by atoms with Crippen molar-refractivity contribution in [3.8, 4) is 0 Å². The van der Waals surface area contributed by atoms with Gasteiger partial charge < -0.3 is 10.1 Å². The monoisotopic (exact) mass is 228 g/mol. The maximum absolute atomic E-state index is 5.05. The molecule has 0 bridgehead atoms. The summed E-state index contributed by atoms with van der Waals surface area (Å²) in [6.45, 7) is 2.89. The third-order valence-corrected chi connectivity index (χ3v) is 3.25. The quantitative estimate of drug-likeness (QED) is 0.725. The molecule has 0 saturated carbocycles. The molecule has 86 valence electrons. The molecule has 0 aliphatic heterocycles. The highest BCUT2D eigenvalue weighted by atomic mass is 32.1. The summed E-state index contributed by atoms with van der Waals surface area (Å²) in [7, 11) is 3.76. The van der Waals surface area contributed by atoms with Gasteiger partial charge in [-0.2, -0.15) is 0 Å². The number of ether oxygens (including phenoxy) is 1. The standard InChI is InChI=1S/C11H20N2OS/c1-9-13-11(8-15-9)7-10(12-2)5-4-6-14-3/h8,10,12H,4-7H2,1-3H3. The van der Waals surface area contributed by atoms with E-state index in [9.17, 15) is 0 Å². The molecule has 1 unspecified atom stereocenters. The molecule has 1 heterocycles. The number of aromatic nitrogens is 1. The second-order valence-electron chi connectivity index (χ2n) is 3.68. The van der Waals surface area contributed by atoms with Gasteiger partial charge >= 0.3 is 0 Å². The molecule has 1 aromatic rings. The van der Waals surface area contributed by atoms with E-state index in [-0.39, 0.29) is 0 Å². The minimum absolute atomic E-state index is 0.515. The number of rotatable bonds is 7. The van der Waals surface area contributed by atoms with Crippen molar-refractivity contribution in [2.75, 3.05) is 20.8 Å². The number of nitrogens with one attached hydrogen (secondary N) is 1. The predicted octanol–water partition coefficient (Wildman–Crippen LogP) is 2.01. The molecular weight excluding hydrogens is 208 g/mol. The van der Waals surface area contributed by atoms with Crippen LogP contribution in [0.25, 0.3) is 0 Å². The summed E-state index contributed by atoms with van der Waals surface area (Å²) in [5, 5.41) is 6.63. The molecule has 0 aromatic carbocycles. The number of nitrogens with zero attached hydrogens (tertiary/aromatic N) is 1. The van der Waals surface area contributed by atoms with Crippen molar-refractivity contribution in [2.24, 2.45) is 0 Å². The number of hydrogen-bond acceptors (Lipinski definition) is 4. The largest absolute Gasteiger partial charge is 0.385 e. The van der Waals surface area contributed by atoms with Crippen LogP contribution in [-0.2, 0) is 11.2 Å². The Labute approximate surface area is 95.9 Å². The van der Waals surface area contributed by atoms with Crippen molar-refractivity contribution in [1.29, 1.82) is 0 Å². The Bertz CT molecular complexity index is 275. The fourth-order valence-electron chi connectivity index (χ4n) is 1.58. The van der Waals surface area contributed by atoms with Crippen LogP contribution < -0.4 is 5.32 Å². The highest BCUT2D eigenvalue weighted by molar-refractivity contribution is 7.09. The summed E-state index contributed by atoms with van der Waals surface area (Å²) in [4.78, 5) is 4.47. The zero-order chi connectivity index (χ0) is 11.1. The van der Waals surface area contributed by atoms with Crippen molar-refractivity contribution in [3.05, 3.63) is 16.1 Å². The Hall–Kier alpha value is -0.450. The lowest BCUT2D eigenvalue weighted by Crippen LogP contribution is -2.28. The summed E-state index contributed by atoms with van der Waals surface area (Å²) in [5.41, 5.74) is 1.20. The number of aryl methyl sites for hydroxylation is 1. The maximum atomic E-state index is 5.05. The molecule has 0 aliphatic carbocycles. The fraction of sp³-hybridized carbons (Fsp3) is 0.727. The molecule has 0 spiro atoms. The number of methoxy groups -OCH3 is 1. The van der Waals surface area contributed by atoms with Gasteiger partial charge in [0.25, 0.3) is 0 Å². The van der Waals surface area contributed by atoms with Crippen LogP contribution in [0.5, 0.6) is 0 Å². The lowest BCUT2D eigenvalue weighted by Gasteiger charge is -2.14. The van der Waals surface area contributed by atoms with Gasteiger partial charge in [-0.25, -0.2) is 4.98 Å². The molecule has 3 nitrogen and oxygen atoms in total. The number of hydrogen-bond donors (Lipinski definition) is 1. The van der Waals surface area contributed by atoms with E-state index in [0.717, 1.165) is 30.9 Å². The van der Waals surface area contributed by atoms with E-state index in [0.29, 0.717) is 6.04 Å². The molecule has 1 atom stereocenters. The molecule has 1 N–H and O–H groups in total. The Balaban J connectivity index is 2.33. The van der Waals surface area contributed by atoms with Crippen molar-refractivity contribution < 1.29 is 4.74 Å². The second-order valence-corrected chi connectivity index (χ2v) is 4.74. The van der Waals surface area contributed by atoms with Gasteiger partial charge in [-0.3, -0.25) is 0 Å². The van der Waals surface area contributed by atoms with E-state index in [1.54, 1.807) is 18.4 Å². The maximum Gasteiger partial charge on any atom is 0.0897 e. The Morgan fingerprint density at radius 2 is 2.40 bits per heavy atom. The van der Waals surface area contributed by atoms with Crippen LogP contribution in [0.4, 0.5) is 0 Å². The molecule has 1 aromatic heterocycles. The van der Waals surface area contributed by atoms with Crippen LogP contribution in [0.3, 0.4) is 0 Å². The van der Waals surface area contributed by atoms with Gasteiger partial charge in [-0.1, -0.05) is 0 Å². The average Bonchev–Trinajstić information content (AvgIpc) is 2.63. The number of thiazole rings is 1. The molecule has 15 heavy (non-hydrogen) atoms. The first-order valence-corrected chi connectivity index (χ1v) is 6.21. The minimum atomic E-state index is 0.515.